The maximum atomic E-state index is 4.16. The molecule has 1 heterocycles. The first-order valence-corrected chi connectivity index (χ1v) is 10.6. The molecule has 0 fully saturated rings. The molecule has 0 aliphatic carbocycles. The first kappa shape index (κ1) is 23.5. The first-order chi connectivity index (χ1) is 14.1. The van der Waals surface area contributed by atoms with Gasteiger partial charge in [-0.1, -0.05) is 65.8 Å². The highest BCUT2D eigenvalue weighted by Crippen LogP contribution is 2.51. The number of aliphatic imine (C=N–C) groups is 1. The standard InChI is InChI=1S/C26H34N2.C2H2/c1-9-19-10-12-23-21(16-19)26(6,7)22-17-20(25(3,4)5)11-13-24(22)28(23)18(2)14-15-27-8;1-2/h10-17H,9H2,1-8H3;1-2H/b18-14+,27-15?;. The molecule has 1 aliphatic heterocycles. The number of rotatable bonds is 3. The van der Waals surface area contributed by atoms with E-state index in [2.05, 4.69) is 114 Å². The molecule has 0 radical (unpaired) electrons. The second-order valence-electron chi connectivity index (χ2n) is 9.36. The van der Waals surface area contributed by atoms with E-state index in [4.69, 9.17) is 0 Å². The van der Waals surface area contributed by atoms with E-state index in [-0.39, 0.29) is 10.8 Å². The lowest BCUT2D eigenvalue weighted by Crippen LogP contribution is -2.33. The van der Waals surface area contributed by atoms with Crippen molar-refractivity contribution >= 4 is 17.6 Å². The molecule has 1 aliphatic rings. The predicted octanol–water partition coefficient (Wildman–Crippen LogP) is 7.18. The molecule has 158 valence electrons. The van der Waals surface area contributed by atoms with E-state index >= 15 is 0 Å². The van der Waals surface area contributed by atoms with Gasteiger partial charge in [-0.3, -0.25) is 4.99 Å². The Kier molecular flexibility index (Phi) is 6.99. The smallest absolute Gasteiger partial charge is 0.0499 e. The summed E-state index contributed by atoms with van der Waals surface area (Å²) in [6.07, 6.45) is 13.0. The summed E-state index contributed by atoms with van der Waals surface area (Å²) >= 11 is 0. The van der Waals surface area contributed by atoms with Gasteiger partial charge in [-0.15, -0.1) is 12.8 Å². The second kappa shape index (κ2) is 8.92. The van der Waals surface area contributed by atoms with Gasteiger partial charge in [-0.2, -0.15) is 0 Å². The Hall–Kier alpha value is -2.79. The highest BCUT2D eigenvalue weighted by atomic mass is 15.2. The fraction of sp³-hybridized carbons (Fsp3) is 0.393. The third-order valence-corrected chi connectivity index (χ3v) is 5.98. The molecule has 2 nitrogen and oxygen atoms in total. The molecular weight excluding hydrogens is 364 g/mol. The van der Waals surface area contributed by atoms with Crippen molar-refractivity contribution in [1.82, 2.24) is 0 Å². The van der Waals surface area contributed by atoms with Crippen LogP contribution in [0.3, 0.4) is 0 Å². The van der Waals surface area contributed by atoms with Gasteiger partial charge in [-0.25, -0.2) is 0 Å². The molecule has 0 atom stereocenters. The summed E-state index contributed by atoms with van der Waals surface area (Å²) in [5.74, 6) is 0. The van der Waals surface area contributed by atoms with E-state index in [1.165, 1.54) is 39.3 Å². The highest BCUT2D eigenvalue weighted by molar-refractivity contribution is 5.84. The first-order valence-electron chi connectivity index (χ1n) is 10.6. The molecule has 0 N–H and O–H groups in total. The highest BCUT2D eigenvalue weighted by Gasteiger charge is 2.37. The Bertz CT molecular complexity index is 981. The Morgan fingerprint density at radius 2 is 1.60 bits per heavy atom. The van der Waals surface area contributed by atoms with Crippen molar-refractivity contribution in [3.8, 4) is 12.8 Å². The Morgan fingerprint density at radius 1 is 1.03 bits per heavy atom. The SMILES string of the molecule is C#C.CCc1ccc2c(c1)C(C)(C)c1cc(C(C)(C)C)ccc1N2/C(C)=C/C=NC. The zero-order valence-electron chi connectivity index (χ0n) is 19.9. The average Bonchev–Trinajstić information content (AvgIpc) is 2.72. The summed E-state index contributed by atoms with van der Waals surface area (Å²) in [6, 6.07) is 14.0. The number of nitrogens with zero attached hydrogens (tertiary/aromatic N) is 2. The number of terminal acetylenes is 1. The zero-order valence-corrected chi connectivity index (χ0v) is 19.9. The molecular formula is C28H36N2. The van der Waals surface area contributed by atoms with Crippen molar-refractivity contribution in [2.45, 2.75) is 65.7 Å². The van der Waals surface area contributed by atoms with Gasteiger partial charge in [-0.05, 0) is 59.2 Å². The summed E-state index contributed by atoms with van der Waals surface area (Å²) < 4.78 is 0. The quantitative estimate of drug-likeness (QED) is 0.393. The van der Waals surface area contributed by atoms with Crippen molar-refractivity contribution in [2.24, 2.45) is 4.99 Å². The van der Waals surface area contributed by atoms with E-state index in [0.717, 1.165) is 6.42 Å². The Morgan fingerprint density at radius 3 is 2.13 bits per heavy atom. The molecule has 30 heavy (non-hydrogen) atoms. The Balaban J connectivity index is 0.00000155. The van der Waals surface area contributed by atoms with Crippen molar-refractivity contribution in [1.29, 1.82) is 0 Å². The van der Waals surface area contributed by atoms with Crippen LogP contribution in [0.15, 0.2) is 53.2 Å². The van der Waals surface area contributed by atoms with E-state index in [1.54, 1.807) is 0 Å². The Labute approximate surface area is 183 Å². The van der Waals surface area contributed by atoms with Gasteiger partial charge in [0, 0.05) is 35.7 Å². The fourth-order valence-corrected chi connectivity index (χ4v) is 4.11. The van der Waals surface area contributed by atoms with Crippen LogP contribution in [0.2, 0.25) is 0 Å². The molecule has 0 bridgehead atoms. The van der Waals surface area contributed by atoms with Crippen LogP contribution in [0.5, 0.6) is 0 Å². The lowest BCUT2D eigenvalue weighted by molar-refractivity contribution is 0.580. The van der Waals surface area contributed by atoms with Crippen molar-refractivity contribution < 1.29 is 0 Å². The van der Waals surface area contributed by atoms with Gasteiger partial charge >= 0.3 is 0 Å². The summed E-state index contributed by atoms with van der Waals surface area (Å²) in [5, 5.41) is 0. The van der Waals surface area contributed by atoms with Crippen LogP contribution < -0.4 is 4.90 Å². The van der Waals surface area contributed by atoms with Gasteiger partial charge in [0.05, 0.1) is 0 Å². The van der Waals surface area contributed by atoms with Gasteiger partial charge in [0.1, 0.15) is 0 Å². The number of aryl methyl sites for hydroxylation is 1. The summed E-state index contributed by atoms with van der Waals surface area (Å²) in [5.41, 5.74) is 9.35. The lowest BCUT2D eigenvalue weighted by Gasteiger charge is -2.43. The number of allylic oxidation sites excluding steroid dienone is 2. The monoisotopic (exact) mass is 400 g/mol. The molecule has 0 saturated heterocycles. The van der Waals surface area contributed by atoms with Gasteiger partial charge in [0.25, 0.3) is 0 Å². The predicted molar refractivity (Wildman–Crippen MR) is 133 cm³/mol. The van der Waals surface area contributed by atoms with Crippen LogP contribution in [0.25, 0.3) is 0 Å². The topological polar surface area (TPSA) is 15.6 Å². The van der Waals surface area contributed by atoms with Crippen molar-refractivity contribution in [3.63, 3.8) is 0 Å². The largest absolute Gasteiger partial charge is 0.314 e. The molecule has 0 amide bonds. The molecule has 2 heteroatoms. The molecule has 0 aromatic heterocycles. The minimum atomic E-state index is -0.0489. The zero-order chi connectivity index (χ0) is 22.7. The summed E-state index contributed by atoms with van der Waals surface area (Å²) in [7, 11) is 1.81. The molecule has 0 unspecified atom stereocenters. The number of hydrogen-bond donors (Lipinski definition) is 0. The minimum Gasteiger partial charge on any atom is -0.314 e. The van der Waals surface area contributed by atoms with E-state index < -0.39 is 0 Å². The van der Waals surface area contributed by atoms with E-state index in [9.17, 15) is 0 Å². The van der Waals surface area contributed by atoms with E-state index in [1.807, 2.05) is 13.3 Å². The van der Waals surface area contributed by atoms with Gasteiger partial charge in [0.15, 0.2) is 0 Å². The number of hydrogen-bond acceptors (Lipinski definition) is 2. The molecule has 0 saturated carbocycles. The summed E-state index contributed by atoms with van der Waals surface area (Å²) in [6.45, 7) is 16.0. The van der Waals surface area contributed by atoms with Crippen LogP contribution >= 0.6 is 0 Å². The lowest BCUT2D eigenvalue weighted by atomic mass is 9.71. The second-order valence-corrected chi connectivity index (χ2v) is 9.36. The van der Waals surface area contributed by atoms with Gasteiger partial charge < -0.3 is 4.90 Å². The number of fused-ring (bicyclic) bond motifs is 2. The van der Waals surface area contributed by atoms with Gasteiger partial charge in [0.2, 0.25) is 0 Å². The fourth-order valence-electron chi connectivity index (χ4n) is 4.11. The van der Waals surface area contributed by atoms with Crippen LogP contribution in [-0.2, 0) is 17.3 Å². The van der Waals surface area contributed by atoms with Crippen LogP contribution in [0, 0.1) is 12.8 Å². The summed E-state index contributed by atoms with van der Waals surface area (Å²) in [4.78, 5) is 6.55. The molecule has 2 aromatic carbocycles. The number of benzene rings is 2. The molecule has 2 aromatic rings. The van der Waals surface area contributed by atoms with Crippen LogP contribution in [0.1, 0.15) is 70.7 Å². The maximum absolute atomic E-state index is 4.16. The average molecular weight is 401 g/mol. The van der Waals surface area contributed by atoms with Crippen LogP contribution in [-0.4, -0.2) is 13.3 Å². The normalized spacial score (nSPS) is 15.3. The minimum absolute atomic E-state index is 0.0489. The number of anilines is 2. The third kappa shape index (κ3) is 4.21. The van der Waals surface area contributed by atoms with Crippen molar-refractivity contribution in [2.75, 3.05) is 11.9 Å². The third-order valence-electron chi connectivity index (χ3n) is 5.98. The van der Waals surface area contributed by atoms with Crippen LogP contribution in [0.4, 0.5) is 11.4 Å². The molecule has 0 spiro atoms. The van der Waals surface area contributed by atoms with E-state index in [0.29, 0.717) is 0 Å². The molecule has 3 rings (SSSR count). The van der Waals surface area contributed by atoms with Crippen molar-refractivity contribution in [3.05, 3.63) is 70.4 Å². The maximum Gasteiger partial charge on any atom is 0.0499 e.